The Morgan fingerprint density at radius 2 is 2.12 bits per heavy atom. The zero-order valence-electron chi connectivity index (χ0n) is 10.1. The van der Waals surface area contributed by atoms with Crippen LogP contribution in [0.3, 0.4) is 0 Å². The molecule has 17 heavy (non-hydrogen) atoms. The Labute approximate surface area is 103 Å². The van der Waals surface area contributed by atoms with Crippen LogP contribution in [-0.2, 0) is 0 Å². The standard InChI is InChI=1S/C15H19NO/c17-12-9-15-8-11-16(13-15)10-4-7-14-5-2-1-3-6-14/h1-3,5-6,15,17H,8-13H2. The largest absolute Gasteiger partial charge is 0.396 e. The van der Waals surface area contributed by atoms with Crippen molar-refractivity contribution in [2.45, 2.75) is 12.8 Å². The molecule has 1 fully saturated rings. The van der Waals surface area contributed by atoms with E-state index in [9.17, 15) is 0 Å². The number of hydrogen-bond acceptors (Lipinski definition) is 2. The highest BCUT2D eigenvalue weighted by atomic mass is 16.3. The molecule has 0 spiro atoms. The molecule has 1 aromatic rings. The first-order valence-corrected chi connectivity index (χ1v) is 6.25. The zero-order valence-corrected chi connectivity index (χ0v) is 10.1. The second kappa shape index (κ2) is 6.44. The molecule has 1 N–H and O–H groups in total. The summed E-state index contributed by atoms with van der Waals surface area (Å²) in [5, 5.41) is 8.89. The number of hydrogen-bond donors (Lipinski definition) is 1. The van der Waals surface area contributed by atoms with Crippen LogP contribution in [-0.4, -0.2) is 36.2 Å². The Balaban J connectivity index is 1.78. The molecule has 0 saturated carbocycles. The smallest absolute Gasteiger partial charge is 0.0605 e. The van der Waals surface area contributed by atoms with Crippen LogP contribution in [0.4, 0.5) is 0 Å². The van der Waals surface area contributed by atoms with E-state index in [0.29, 0.717) is 12.5 Å². The number of aliphatic hydroxyl groups excluding tert-OH is 1. The Bertz CT molecular complexity index is 390. The number of nitrogens with zero attached hydrogens (tertiary/aromatic N) is 1. The van der Waals surface area contributed by atoms with Gasteiger partial charge in [-0.1, -0.05) is 30.0 Å². The van der Waals surface area contributed by atoms with E-state index < -0.39 is 0 Å². The normalized spacial score (nSPS) is 19.9. The third-order valence-corrected chi connectivity index (χ3v) is 3.22. The van der Waals surface area contributed by atoms with Crippen molar-refractivity contribution >= 4 is 0 Å². The Kier molecular flexibility index (Phi) is 4.61. The van der Waals surface area contributed by atoms with Gasteiger partial charge in [0.25, 0.3) is 0 Å². The minimum absolute atomic E-state index is 0.314. The molecule has 0 aliphatic carbocycles. The van der Waals surface area contributed by atoms with Crippen molar-refractivity contribution in [3.8, 4) is 11.8 Å². The SMILES string of the molecule is OCCC1CCN(CC#Cc2ccccc2)C1. The molecule has 1 aliphatic heterocycles. The lowest BCUT2D eigenvalue weighted by atomic mass is 10.1. The highest BCUT2D eigenvalue weighted by Crippen LogP contribution is 2.18. The third kappa shape index (κ3) is 3.89. The predicted octanol–water partition coefficient (Wildman–Crippen LogP) is 1.74. The van der Waals surface area contributed by atoms with E-state index in [-0.39, 0.29) is 0 Å². The number of likely N-dealkylation sites (tertiary alicyclic amines) is 1. The fourth-order valence-corrected chi connectivity index (χ4v) is 2.25. The number of benzene rings is 1. The first-order valence-electron chi connectivity index (χ1n) is 6.25. The lowest BCUT2D eigenvalue weighted by Gasteiger charge is -2.11. The Hall–Kier alpha value is -1.30. The average molecular weight is 229 g/mol. The van der Waals surface area contributed by atoms with Gasteiger partial charge >= 0.3 is 0 Å². The molecule has 2 nitrogen and oxygen atoms in total. The molecule has 1 aromatic carbocycles. The summed E-state index contributed by atoms with van der Waals surface area (Å²) in [5.74, 6) is 7.06. The van der Waals surface area contributed by atoms with Crippen LogP contribution < -0.4 is 0 Å². The minimum atomic E-state index is 0.314. The molecule has 1 atom stereocenters. The van der Waals surface area contributed by atoms with Crippen LogP contribution in [0.5, 0.6) is 0 Å². The van der Waals surface area contributed by atoms with Gasteiger partial charge in [-0.15, -0.1) is 0 Å². The Morgan fingerprint density at radius 1 is 1.29 bits per heavy atom. The molecule has 2 rings (SSSR count). The van der Waals surface area contributed by atoms with Gasteiger partial charge in [0, 0.05) is 18.7 Å². The van der Waals surface area contributed by atoms with Crippen molar-refractivity contribution in [2.24, 2.45) is 5.92 Å². The van der Waals surface area contributed by atoms with Crippen molar-refractivity contribution in [1.29, 1.82) is 0 Å². The summed E-state index contributed by atoms with van der Waals surface area (Å²) in [4.78, 5) is 2.37. The monoisotopic (exact) mass is 229 g/mol. The first kappa shape index (κ1) is 12.2. The van der Waals surface area contributed by atoms with Gasteiger partial charge in [0.15, 0.2) is 0 Å². The molecular formula is C15H19NO. The maximum Gasteiger partial charge on any atom is 0.0605 e. The van der Waals surface area contributed by atoms with Crippen molar-refractivity contribution in [2.75, 3.05) is 26.2 Å². The van der Waals surface area contributed by atoms with E-state index in [4.69, 9.17) is 5.11 Å². The molecule has 1 heterocycles. The topological polar surface area (TPSA) is 23.5 Å². The van der Waals surface area contributed by atoms with E-state index in [1.165, 1.54) is 6.42 Å². The maximum atomic E-state index is 8.89. The highest BCUT2D eigenvalue weighted by molar-refractivity contribution is 5.33. The second-order valence-electron chi connectivity index (χ2n) is 4.57. The second-order valence-corrected chi connectivity index (χ2v) is 4.57. The summed E-state index contributed by atoms with van der Waals surface area (Å²) in [7, 11) is 0. The summed E-state index contributed by atoms with van der Waals surface area (Å²) >= 11 is 0. The van der Waals surface area contributed by atoms with Gasteiger partial charge in [-0.25, -0.2) is 0 Å². The van der Waals surface area contributed by atoms with E-state index >= 15 is 0 Å². The lowest BCUT2D eigenvalue weighted by Crippen LogP contribution is -2.21. The molecule has 2 heteroatoms. The summed E-state index contributed by atoms with van der Waals surface area (Å²) in [6, 6.07) is 10.1. The lowest BCUT2D eigenvalue weighted by molar-refractivity contribution is 0.254. The van der Waals surface area contributed by atoms with Crippen LogP contribution in [0.1, 0.15) is 18.4 Å². The average Bonchev–Trinajstić information content (AvgIpc) is 2.79. The molecule has 1 aliphatic rings. The summed E-state index contributed by atoms with van der Waals surface area (Å²) < 4.78 is 0. The molecule has 90 valence electrons. The van der Waals surface area contributed by atoms with Crippen LogP contribution >= 0.6 is 0 Å². The Morgan fingerprint density at radius 3 is 2.88 bits per heavy atom. The number of aliphatic hydroxyl groups is 1. The highest BCUT2D eigenvalue weighted by Gasteiger charge is 2.20. The van der Waals surface area contributed by atoms with Gasteiger partial charge in [-0.2, -0.15) is 0 Å². The molecule has 1 unspecified atom stereocenters. The first-order chi connectivity index (χ1) is 8.38. The van der Waals surface area contributed by atoms with Gasteiger partial charge < -0.3 is 5.11 Å². The van der Waals surface area contributed by atoms with Crippen LogP contribution in [0.15, 0.2) is 30.3 Å². The maximum absolute atomic E-state index is 8.89. The van der Waals surface area contributed by atoms with Crippen LogP contribution in [0.2, 0.25) is 0 Å². The summed E-state index contributed by atoms with van der Waals surface area (Å²) in [6.45, 7) is 3.36. The van der Waals surface area contributed by atoms with Crippen LogP contribution in [0, 0.1) is 17.8 Å². The van der Waals surface area contributed by atoms with E-state index in [0.717, 1.165) is 31.6 Å². The summed E-state index contributed by atoms with van der Waals surface area (Å²) in [5.41, 5.74) is 1.08. The molecule has 0 radical (unpaired) electrons. The van der Waals surface area contributed by atoms with E-state index in [2.05, 4.69) is 16.7 Å². The number of rotatable bonds is 3. The minimum Gasteiger partial charge on any atom is -0.396 e. The predicted molar refractivity (Wildman–Crippen MR) is 69.6 cm³/mol. The fraction of sp³-hybridized carbons (Fsp3) is 0.467. The molecule has 0 aromatic heterocycles. The van der Waals surface area contributed by atoms with Crippen LogP contribution in [0.25, 0.3) is 0 Å². The van der Waals surface area contributed by atoms with Gasteiger partial charge in [-0.05, 0) is 37.4 Å². The van der Waals surface area contributed by atoms with Gasteiger partial charge in [-0.3, -0.25) is 4.90 Å². The van der Waals surface area contributed by atoms with Gasteiger partial charge in [0.1, 0.15) is 0 Å². The van der Waals surface area contributed by atoms with Gasteiger partial charge in [0.2, 0.25) is 0 Å². The zero-order chi connectivity index (χ0) is 11.9. The van der Waals surface area contributed by atoms with E-state index in [1.54, 1.807) is 0 Å². The summed E-state index contributed by atoms with van der Waals surface area (Å²) in [6.07, 6.45) is 2.14. The third-order valence-electron chi connectivity index (χ3n) is 3.22. The van der Waals surface area contributed by atoms with Crippen molar-refractivity contribution in [3.05, 3.63) is 35.9 Å². The molecule has 0 bridgehead atoms. The quantitative estimate of drug-likeness (QED) is 0.798. The van der Waals surface area contributed by atoms with Crippen molar-refractivity contribution in [1.82, 2.24) is 4.90 Å². The van der Waals surface area contributed by atoms with Gasteiger partial charge in [0.05, 0.1) is 6.54 Å². The molecule has 1 saturated heterocycles. The molecule has 0 amide bonds. The molecular weight excluding hydrogens is 210 g/mol. The fourth-order valence-electron chi connectivity index (χ4n) is 2.25. The van der Waals surface area contributed by atoms with Crippen molar-refractivity contribution < 1.29 is 5.11 Å². The van der Waals surface area contributed by atoms with E-state index in [1.807, 2.05) is 30.3 Å². The van der Waals surface area contributed by atoms with Crippen molar-refractivity contribution in [3.63, 3.8) is 0 Å².